The van der Waals surface area contributed by atoms with Crippen molar-refractivity contribution < 1.29 is 64.6 Å². The Hall–Kier alpha value is -2.31. The molecule has 0 aromatic carbocycles. The highest BCUT2D eigenvalue weighted by Gasteiger charge is 2.50. The second-order valence-corrected chi connectivity index (χ2v) is 14.7. The fourth-order valence-electron chi connectivity index (χ4n) is 6.42. The molecule has 0 aliphatic carbocycles. The Balaban J connectivity index is 1.92. The molecule has 2 aliphatic heterocycles. The van der Waals surface area contributed by atoms with E-state index < -0.39 is 86.8 Å². The number of hydrogen-bond acceptors (Lipinski definition) is 13. The van der Waals surface area contributed by atoms with Crippen LogP contribution in [0, 0.1) is 0 Å². The number of carbonyl (C=O) groups excluding carboxylic acids is 1. The van der Waals surface area contributed by atoms with E-state index in [0.717, 1.165) is 77.0 Å². The molecule has 2 fully saturated rings. The normalized spacial score (nSPS) is 29.7. The van der Waals surface area contributed by atoms with E-state index in [1.54, 1.807) is 6.08 Å². The molecule has 57 heavy (non-hydrogen) atoms. The summed E-state index contributed by atoms with van der Waals surface area (Å²) in [4.78, 5) is 13.0. The molecule has 2 rings (SSSR count). The molecular weight excluding hydrogens is 738 g/mol. The number of nitrogens with one attached hydrogen (secondary N) is 1. The minimum Gasteiger partial charge on any atom is -0.394 e. The first kappa shape index (κ1) is 50.8. The number of unbranched alkanes of at least 4 members (excludes halogenated alkanes) is 8. The van der Waals surface area contributed by atoms with Crippen LogP contribution in [0.5, 0.6) is 0 Å². The average molecular weight is 812 g/mol. The van der Waals surface area contributed by atoms with Crippen LogP contribution in [0.4, 0.5) is 0 Å². The van der Waals surface area contributed by atoms with E-state index in [9.17, 15) is 45.6 Å². The first-order valence-corrected chi connectivity index (χ1v) is 21.0. The predicted molar refractivity (Wildman–Crippen MR) is 217 cm³/mol. The third kappa shape index (κ3) is 19.5. The number of amides is 1. The average Bonchev–Trinajstić information content (AvgIpc) is 3.21. The molecule has 2 aliphatic rings. The van der Waals surface area contributed by atoms with E-state index in [1.807, 2.05) is 6.08 Å². The van der Waals surface area contributed by atoms with E-state index in [1.165, 1.54) is 0 Å². The van der Waals surface area contributed by atoms with E-state index in [4.69, 9.17) is 18.9 Å². The van der Waals surface area contributed by atoms with E-state index >= 15 is 0 Å². The molecule has 2 saturated heterocycles. The molecule has 2 heterocycles. The highest BCUT2D eigenvalue weighted by atomic mass is 16.7. The maximum Gasteiger partial charge on any atom is 0.220 e. The summed E-state index contributed by atoms with van der Waals surface area (Å²) in [6.45, 7) is 2.51. The van der Waals surface area contributed by atoms with E-state index in [0.29, 0.717) is 12.8 Å². The fraction of sp³-hybridized carbons (Fsp3) is 0.744. The van der Waals surface area contributed by atoms with Gasteiger partial charge in [-0.1, -0.05) is 107 Å². The fourth-order valence-corrected chi connectivity index (χ4v) is 6.42. The van der Waals surface area contributed by atoms with Crippen LogP contribution in [0.3, 0.4) is 0 Å². The summed E-state index contributed by atoms with van der Waals surface area (Å²) in [6, 6.07) is -0.938. The number of carbonyl (C=O) groups is 1. The third-order valence-electron chi connectivity index (χ3n) is 9.94. The number of aliphatic hydroxyl groups excluding tert-OH is 8. The van der Waals surface area contributed by atoms with Crippen molar-refractivity contribution in [2.45, 2.75) is 184 Å². The van der Waals surface area contributed by atoms with Gasteiger partial charge in [-0.05, 0) is 57.8 Å². The summed E-state index contributed by atoms with van der Waals surface area (Å²) in [7, 11) is 0. The lowest BCUT2D eigenvalue weighted by atomic mass is 9.97. The van der Waals surface area contributed by atoms with Gasteiger partial charge in [0.05, 0.1) is 32.0 Å². The van der Waals surface area contributed by atoms with Gasteiger partial charge in [0.1, 0.15) is 48.8 Å². The zero-order chi connectivity index (χ0) is 41.8. The van der Waals surface area contributed by atoms with Crippen molar-refractivity contribution in [3.63, 3.8) is 0 Å². The third-order valence-corrected chi connectivity index (χ3v) is 9.94. The molecule has 0 spiro atoms. The van der Waals surface area contributed by atoms with E-state index in [-0.39, 0.29) is 18.9 Å². The molecule has 0 aromatic rings. The van der Waals surface area contributed by atoms with Crippen LogP contribution in [0.15, 0.2) is 60.8 Å². The number of rotatable bonds is 29. The molecule has 1 amide bonds. The van der Waals surface area contributed by atoms with Crippen LogP contribution in [0.25, 0.3) is 0 Å². The van der Waals surface area contributed by atoms with Crippen molar-refractivity contribution >= 4 is 5.91 Å². The summed E-state index contributed by atoms with van der Waals surface area (Å²) >= 11 is 0. The number of aliphatic hydroxyl groups is 8. The smallest absolute Gasteiger partial charge is 0.220 e. The Kier molecular flexibility index (Phi) is 27.4. The Morgan fingerprint density at radius 2 is 1.23 bits per heavy atom. The van der Waals surface area contributed by atoms with Gasteiger partial charge in [-0.2, -0.15) is 0 Å². The largest absolute Gasteiger partial charge is 0.394 e. The van der Waals surface area contributed by atoms with Crippen LogP contribution in [-0.4, -0.2) is 140 Å². The van der Waals surface area contributed by atoms with Crippen molar-refractivity contribution in [2.75, 3.05) is 19.8 Å². The minimum atomic E-state index is -1.79. The van der Waals surface area contributed by atoms with Crippen LogP contribution in [0.1, 0.15) is 110 Å². The molecule has 0 aromatic heterocycles. The zero-order valence-corrected chi connectivity index (χ0v) is 34.0. The molecule has 0 saturated carbocycles. The molecular formula is C43H73NO13. The van der Waals surface area contributed by atoms with E-state index in [2.05, 4.69) is 67.8 Å². The van der Waals surface area contributed by atoms with Gasteiger partial charge < -0.3 is 65.1 Å². The summed E-state index contributed by atoms with van der Waals surface area (Å²) in [5.74, 6) is -0.276. The molecule has 12 atom stereocenters. The first-order chi connectivity index (χ1) is 27.6. The second kappa shape index (κ2) is 30.7. The summed E-state index contributed by atoms with van der Waals surface area (Å²) in [5.41, 5.74) is 0. The Morgan fingerprint density at radius 3 is 1.93 bits per heavy atom. The van der Waals surface area contributed by atoms with Crippen molar-refractivity contribution in [2.24, 2.45) is 0 Å². The van der Waals surface area contributed by atoms with Crippen molar-refractivity contribution in [3.05, 3.63) is 60.8 Å². The molecule has 9 N–H and O–H groups in total. The van der Waals surface area contributed by atoms with Crippen LogP contribution < -0.4 is 5.32 Å². The first-order valence-electron chi connectivity index (χ1n) is 21.0. The molecule has 0 bridgehead atoms. The Labute approximate surface area is 339 Å². The number of hydrogen-bond donors (Lipinski definition) is 9. The highest BCUT2D eigenvalue weighted by molar-refractivity contribution is 5.76. The van der Waals surface area contributed by atoms with Gasteiger partial charge in [-0.3, -0.25) is 4.79 Å². The summed E-state index contributed by atoms with van der Waals surface area (Å²) in [5, 5.41) is 86.1. The molecule has 12 unspecified atom stereocenters. The van der Waals surface area contributed by atoms with Gasteiger partial charge >= 0.3 is 0 Å². The Bertz CT molecular complexity index is 1190. The summed E-state index contributed by atoms with van der Waals surface area (Å²) in [6.07, 6.45) is 17.3. The van der Waals surface area contributed by atoms with Crippen molar-refractivity contribution in [1.82, 2.24) is 5.32 Å². The lowest BCUT2D eigenvalue weighted by Crippen LogP contribution is -2.65. The lowest BCUT2D eigenvalue weighted by molar-refractivity contribution is -0.359. The molecule has 0 radical (unpaired) electrons. The van der Waals surface area contributed by atoms with Crippen molar-refractivity contribution in [3.8, 4) is 0 Å². The summed E-state index contributed by atoms with van der Waals surface area (Å²) < 4.78 is 22.5. The van der Waals surface area contributed by atoms with Gasteiger partial charge in [-0.25, -0.2) is 0 Å². The van der Waals surface area contributed by atoms with Crippen LogP contribution in [0.2, 0.25) is 0 Å². The number of ether oxygens (including phenoxy) is 4. The maximum atomic E-state index is 13.0. The van der Waals surface area contributed by atoms with Crippen LogP contribution >= 0.6 is 0 Å². The minimum absolute atomic E-state index is 0.250. The van der Waals surface area contributed by atoms with Gasteiger partial charge in [-0.15, -0.1) is 0 Å². The standard InChI is InChI=1S/C43H73NO13/c1-3-5-7-9-11-13-14-15-16-17-18-19-21-23-25-27-35(48)44-31(32(47)26-24-22-20-12-10-8-6-4-2)30-54-42-40(53)38(51)41(34(29-46)56-42)57-43-39(52)37(50)36(49)33(28-45)55-43/h5,7,10-13,15-16,24,26,31-34,36-43,45-47,49-53H,3-4,6,8-9,14,17-23,25,27-30H2,1-2H3,(H,44,48)/b7-5-,12-10+,13-11-,16-15-,26-24+. The topological polar surface area (TPSA) is 228 Å². The second-order valence-electron chi connectivity index (χ2n) is 14.7. The molecule has 14 nitrogen and oxygen atoms in total. The van der Waals surface area contributed by atoms with Crippen molar-refractivity contribution in [1.29, 1.82) is 0 Å². The van der Waals surface area contributed by atoms with Gasteiger partial charge in [0.15, 0.2) is 12.6 Å². The maximum absolute atomic E-state index is 13.0. The number of allylic oxidation sites excluding steroid dienone is 9. The molecule has 14 heteroatoms. The SMILES string of the molecule is CC/C=C\C/C=C\C/C=C\CCCCCCCC(=O)NC(COC1OC(CO)C(OC2OC(CO)C(O)C(O)C2O)C(O)C1O)C(O)/C=C/CC/C=C/CCCC. The van der Waals surface area contributed by atoms with Crippen LogP contribution in [-0.2, 0) is 23.7 Å². The zero-order valence-electron chi connectivity index (χ0n) is 34.0. The monoisotopic (exact) mass is 812 g/mol. The van der Waals surface area contributed by atoms with Gasteiger partial charge in [0.25, 0.3) is 0 Å². The molecule has 328 valence electrons. The predicted octanol–water partition coefficient (Wildman–Crippen LogP) is 3.15. The quantitative estimate of drug-likeness (QED) is 0.0392. The lowest BCUT2D eigenvalue weighted by Gasteiger charge is -2.46. The van der Waals surface area contributed by atoms with Gasteiger partial charge in [0, 0.05) is 6.42 Å². The Morgan fingerprint density at radius 1 is 0.649 bits per heavy atom. The highest BCUT2D eigenvalue weighted by Crippen LogP contribution is 2.29. The van der Waals surface area contributed by atoms with Gasteiger partial charge in [0.2, 0.25) is 5.91 Å².